The van der Waals surface area contributed by atoms with Crippen molar-refractivity contribution in [1.82, 2.24) is 9.21 Å². The first kappa shape index (κ1) is 18.3. The maximum atomic E-state index is 12.8. The van der Waals surface area contributed by atoms with Crippen molar-refractivity contribution in [3.05, 3.63) is 70.7 Å². The van der Waals surface area contributed by atoms with Gasteiger partial charge in [-0.05, 0) is 33.6 Å². The van der Waals surface area contributed by atoms with E-state index in [0.717, 1.165) is 19.6 Å². The van der Waals surface area contributed by atoms with Crippen LogP contribution in [0.3, 0.4) is 0 Å². The van der Waals surface area contributed by atoms with Crippen LogP contribution >= 0.6 is 15.9 Å². The molecular formula is C19H21BrN2O2S. The Morgan fingerprint density at radius 1 is 0.920 bits per heavy atom. The molecule has 1 fully saturated rings. The molecule has 3 rings (SSSR count). The van der Waals surface area contributed by atoms with Crippen LogP contribution in [0.25, 0.3) is 6.08 Å². The average Bonchev–Trinajstić information content (AvgIpc) is 2.63. The van der Waals surface area contributed by atoms with Crippen molar-refractivity contribution in [2.75, 3.05) is 32.7 Å². The van der Waals surface area contributed by atoms with Crippen molar-refractivity contribution in [2.45, 2.75) is 4.90 Å². The van der Waals surface area contributed by atoms with Gasteiger partial charge in [-0.3, -0.25) is 4.90 Å². The zero-order valence-corrected chi connectivity index (χ0v) is 16.3. The minimum absolute atomic E-state index is 0.340. The van der Waals surface area contributed by atoms with Gasteiger partial charge in [-0.1, -0.05) is 54.6 Å². The summed E-state index contributed by atoms with van der Waals surface area (Å²) in [6.45, 7) is 3.34. The van der Waals surface area contributed by atoms with Crippen LogP contribution in [0.15, 0.2) is 70.0 Å². The summed E-state index contributed by atoms with van der Waals surface area (Å²) in [6.07, 6.45) is 4.23. The molecule has 0 atom stereocenters. The molecule has 0 amide bonds. The van der Waals surface area contributed by atoms with Gasteiger partial charge >= 0.3 is 0 Å². The second kappa shape index (κ2) is 8.27. The second-order valence-electron chi connectivity index (χ2n) is 5.95. The normalized spacial score (nSPS) is 17.2. The van der Waals surface area contributed by atoms with Gasteiger partial charge in [0.05, 0.1) is 4.90 Å². The van der Waals surface area contributed by atoms with Gasteiger partial charge in [-0.15, -0.1) is 0 Å². The number of halogens is 1. The molecule has 25 heavy (non-hydrogen) atoms. The molecule has 0 unspecified atom stereocenters. The minimum Gasteiger partial charge on any atom is -0.297 e. The number of hydrogen-bond donors (Lipinski definition) is 0. The van der Waals surface area contributed by atoms with E-state index < -0.39 is 10.0 Å². The van der Waals surface area contributed by atoms with Gasteiger partial charge in [0.2, 0.25) is 10.0 Å². The Kier molecular flexibility index (Phi) is 6.06. The smallest absolute Gasteiger partial charge is 0.244 e. The van der Waals surface area contributed by atoms with Crippen molar-refractivity contribution in [2.24, 2.45) is 0 Å². The van der Waals surface area contributed by atoms with E-state index in [1.165, 1.54) is 5.56 Å². The molecule has 2 aromatic carbocycles. The fourth-order valence-corrected chi connectivity index (χ4v) is 5.23. The van der Waals surface area contributed by atoms with Gasteiger partial charge in [0.15, 0.2) is 0 Å². The zero-order valence-electron chi connectivity index (χ0n) is 13.9. The molecule has 0 radical (unpaired) electrons. The number of benzene rings is 2. The molecule has 132 valence electrons. The SMILES string of the molecule is O=S(=O)(c1ccccc1Br)N1CCN(C/C=C\c2ccccc2)CC1. The third kappa shape index (κ3) is 4.58. The van der Waals surface area contributed by atoms with Crippen LogP contribution < -0.4 is 0 Å². The van der Waals surface area contributed by atoms with E-state index in [4.69, 9.17) is 0 Å². The maximum absolute atomic E-state index is 12.8. The molecule has 0 N–H and O–H groups in total. The molecule has 4 nitrogen and oxygen atoms in total. The van der Waals surface area contributed by atoms with Crippen molar-refractivity contribution in [3.63, 3.8) is 0 Å². The zero-order chi connectivity index (χ0) is 17.7. The van der Waals surface area contributed by atoms with Crippen molar-refractivity contribution in [3.8, 4) is 0 Å². The van der Waals surface area contributed by atoms with Crippen molar-refractivity contribution >= 4 is 32.0 Å². The standard InChI is InChI=1S/C19H21BrN2O2S/c20-18-10-4-5-11-19(18)25(23,24)22-15-13-21(14-16-22)12-6-9-17-7-2-1-3-8-17/h1-11H,12-16H2/b9-6-. The lowest BCUT2D eigenvalue weighted by Crippen LogP contribution is -2.48. The largest absolute Gasteiger partial charge is 0.297 e. The lowest BCUT2D eigenvalue weighted by molar-refractivity contribution is 0.204. The van der Waals surface area contributed by atoms with E-state index in [1.54, 1.807) is 22.5 Å². The summed E-state index contributed by atoms with van der Waals surface area (Å²) in [7, 11) is -3.44. The summed E-state index contributed by atoms with van der Waals surface area (Å²) in [5.41, 5.74) is 1.18. The number of rotatable bonds is 5. The van der Waals surface area contributed by atoms with Gasteiger partial charge in [0.25, 0.3) is 0 Å². The highest BCUT2D eigenvalue weighted by atomic mass is 79.9. The molecule has 0 aliphatic carbocycles. The Balaban J connectivity index is 1.57. The molecule has 1 heterocycles. The molecule has 1 aliphatic rings. The summed E-state index contributed by atoms with van der Waals surface area (Å²) >= 11 is 3.34. The van der Waals surface area contributed by atoms with Crippen molar-refractivity contribution < 1.29 is 8.42 Å². The summed E-state index contributed by atoms with van der Waals surface area (Å²) in [6, 6.07) is 17.2. The molecule has 1 saturated heterocycles. The van der Waals surface area contributed by atoms with Gasteiger partial charge in [0.1, 0.15) is 0 Å². The van der Waals surface area contributed by atoms with E-state index in [9.17, 15) is 8.42 Å². The highest BCUT2D eigenvalue weighted by molar-refractivity contribution is 9.10. The lowest BCUT2D eigenvalue weighted by Gasteiger charge is -2.33. The van der Waals surface area contributed by atoms with Crippen LogP contribution in [-0.2, 0) is 10.0 Å². The minimum atomic E-state index is -3.44. The summed E-state index contributed by atoms with van der Waals surface area (Å²) < 4.78 is 27.7. The topological polar surface area (TPSA) is 40.6 Å². The average molecular weight is 421 g/mol. The van der Waals surface area contributed by atoms with Crippen LogP contribution in [0.4, 0.5) is 0 Å². The Bertz CT molecular complexity index is 830. The molecule has 1 aliphatic heterocycles. The molecule has 0 bridgehead atoms. The van der Waals surface area contributed by atoms with Gasteiger partial charge in [-0.2, -0.15) is 4.31 Å². The highest BCUT2D eigenvalue weighted by Gasteiger charge is 2.29. The Hall–Kier alpha value is -1.47. The van der Waals surface area contributed by atoms with Crippen LogP contribution in [0.1, 0.15) is 5.56 Å². The quantitative estimate of drug-likeness (QED) is 0.743. The van der Waals surface area contributed by atoms with E-state index in [1.807, 2.05) is 24.3 Å². The fourth-order valence-electron chi connectivity index (χ4n) is 2.85. The molecular weight excluding hydrogens is 400 g/mol. The maximum Gasteiger partial charge on any atom is 0.244 e. The van der Waals surface area contributed by atoms with E-state index in [-0.39, 0.29) is 0 Å². The summed E-state index contributed by atoms with van der Waals surface area (Å²) in [5, 5.41) is 0. The summed E-state index contributed by atoms with van der Waals surface area (Å²) in [5.74, 6) is 0. The van der Waals surface area contributed by atoms with E-state index >= 15 is 0 Å². The third-order valence-corrected chi connectivity index (χ3v) is 7.17. The first-order chi connectivity index (χ1) is 12.1. The molecule has 0 saturated carbocycles. The summed E-state index contributed by atoms with van der Waals surface area (Å²) in [4.78, 5) is 2.61. The first-order valence-electron chi connectivity index (χ1n) is 8.26. The van der Waals surface area contributed by atoms with Gasteiger partial charge in [-0.25, -0.2) is 8.42 Å². The Labute approximate surface area is 157 Å². The molecule has 2 aromatic rings. The third-order valence-electron chi connectivity index (χ3n) is 4.26. The van der Waals surface area contributed by atoms with Crippen molar-refractivity contribution in [1.29, 1.82) is 0 Å². The predicted molar refractivity (Wildman–Crippen MR) is 105 cm³/mol. The fraction of sp³-hybridized carbons (Fsp3) is 0.263. The lowest BCUT2D eigenvalue weighted by atomic mass is 10.2. The Morgan fingerprint density at radius 2 is 1.56 bits per heavy atom. The van der Waals surface area contributed by atoms with E-state index in [2.05, 4.69) is 45.1 Å². The molecule has 6 heteroatoms. The van der Waals surface area contributed by atoms with Gasteiger partial charge in [0, 0.05) is 37.2 Å². The van der Waals surface area contributed by atoms with Crippen LogP contribution in [0.5, 0.6) is 0 Å². The van der Waals surface area contributed by atoms with Gasteiger partial charge < -0.3 is 0 Å². The highest BCUT2D eigenvalue weighted by Crippen LogP contribution is 2.25. The number of piperazine rings is 1. The van der Waals surface area contributed by atoms with Crippen LogP contribution in [0, 0.1) is 0 Å². The number of nitrogens with zero attached hydrogens (tertiary/aromatic N) is 2. The van der Waals surface area contributed by atoms with E-state index in [0.29, 0.717) is 22.5 Å². The second-order valence-corrected chi connectivity index (χ2v) is 8.71. The molecule has 0 aromatic heterocycles. The van der Waals surface area contributed by atoms with Crippen LogP contribution in [-0.4, -0.2) is 50.3 Å². The van der Waals surface area contributed by atoms with Crippen LogP contribution in [0.2, 0.25) is 0 Å². The predicted octanol–water partition coefficient (Wildman–Crippen LogP) is 3.47. The number of sulfonamides is 1. The first-order valence-corrected chi connectivity index (χ1v) is 10.5. The monoisotopic (exact) mass is 420 g/mol. The Morgan fingerprint density at radius 3 is 2.24 bits per heavy atom. The molecule has 0 spiro atoms. The number of hydrogen-bond acceptors (Lipinski definition) is 3.